The van der Waals surface area contributed by atoms with E-state index in [0.717, 1.165) is 32.1 Å². The van der Waals surface area contributed by atoms with Crippen molar-refractivity contribution in [2.24, 2.45) is 11.7 Å². The van der Waals surface area contributed by atoms with Crippen LogP contribution in [0.4, 0.5) is 0 Å². The van der Waals surface area contributed by atoms with Crippen molar-refractivity contribution in [2.45, 2.75) is 70.3 Å². The van der Waals surface area contributed by atoms with E-state index in [1.54, 1.807) is 0 Å². The fourth-order valence-corrected chi connectivity index (χ4v) is 3.44. The largest absolute Gasteiger partial charge is 0.481 e. The smallest absolute Gasteiger partial charge is 0.321 e. The van der Waals surface area contributed by atoms with Gasteiger partial charge in [0.2, 0.25) is 5.91 Å². The van der Waals surface area contributed by atoms with Gasteiger partial charge in [-0.2, -0.15) is 0 Å². The number of nitrogens with one attached hydrogen (secondary N) is 1. The van der Waals surface area contributed by atoms with E-state index in [4.69, 9.17) is 34.9 Å². The van der Waals surface area contributed by atoms with Crippen molar-refractivity contribution >= 4 is 29.9 Å². The molecule has 0 rings (SSSR count). The van der Waals surface area contributed by atoms with Gasteiger partial charge in [0, 0.05) is 32.2 Å². The maximum Gasteiger partial charge on any atom is 0.321 e. The van der Waals surface area contributed by atoms with Gasteiger partial charge in [0.1, 0.15) is 11.8 Å². The van der Waals surface area contributed by atoms with Crippen LogP contribution in [0.2, 0.25) is 0 Å². The molecule has 0 aromatic carbocycles. The molecule has 13 nitrogen and oxygen atoms in total. The summed E-state index contributed by atoms with van der Waals surface area (Å²) in [5, 5.41) is 20.3. The molecule has 0 fully saturated rings. The third-order valence-corrected chi connectivity index (χ3v) is 5.66. The van der Waals surface area contributed by atoms with Crippen molar-refractivity contribution in [2.75, 3.05) is 59.4 Å². The monoisotopic (exact) mass is 561 g/mol. The Morgan fingerprint density at radius 2 is 1.18 bits per heavy atom. The summed E-state index contributed by atoms with van der Waals surface area (Å²) in [6.45, 7) is 2.93. The average Bonchev–Trinajstić information content (AvgIpc) is 2.90. The van der Waals surface area contributed by atoms with Crippen LogP contribution in [-0.2, 0) is 42.9 Å². The van der Waals surface area contributed by atoms with E-state index in [2.05, 4.69) is 5.32 Å². The lowest BCUT2D eigenvalue weighted by Gasteiger charge is -2.16. The van der Waals surface area contributed by atoms with Gasteiger partial charge in [-0.3, -0.25) is 24.0 Å². The minimum absolute atomic E-state index is 0.00316. The predicted octanol–water partition coefficient (Wildman–Crippen LogP) is 0.862. The Hall–Kier alpha value is -2.45. The summed E-state index contributed by atoms with van der Waals surface area (Å²) < 4.78 is 21.4. The number of ether oxygens (including phenoxy) is 4. The number of carbonyl (C=O) groups is 4. The molecule has 0 heterocycles. The third-order valence-electron chi connectivity index (χ3n) is 5.66. The Labute approximate surface area is 230 Å². The number of ketones is 1. The third kappa shape index (κ3) is 23.2. The van der Waals surface area contributed by atoms with Crippen molar-refractivity contribution in [1.82, 2.24) is 5.32 Å². The van der Waals surface area contributed by atoms with Crippen molar-refractivity contribution in [3.05, 3.63) is 0 Å². The van der Waals surface area contributed by atoms with Crippen LogP contribution in [0.1, 0.15) is 64.2 Å². The fraction of sp³-hybridized carbons (Fsp3) is 0.808. The van der Waals surface area contributed by atoms with E-state index in [1.807, 2.05) is 0 Å². The Morgan fingerprint density at radius 1 is 0.692 bits per heavy atom. The molecule has 0 aliphatic carbocycles. The maximum atomic E-state index is 12.0. The molecule has 0 aliphatic heterocycles. The molecule has 0 aromatic rings. The Balaban J connectivity index is 3.43. The van der Waals surface area contributed by atoms with Crippen LogP contribution in [0.15, 0.2) is 0 Å². The van der Waals surface area contributed by atoms with Gasteiger partial charge in [-0.15, -0.1) is 0 Å². The normalized spacial score (nSPS) is 12.5. The molecular formula is C26H45N2O11. The number of nitrogens with two attached hydrogens (primary N) is 1. The summed E-state index contributed by atoms with van der Waals surface area (Å²) in [6.07, 6.45) is 7.21. The van der Waals surface area contributed by atoms with Gasteiger partial charge in [-0.05, 0) is 12.8 Å². The highest BCUT2D eigenvalue weighted by atomic mass is 16.6. The number of hydrogen-bond acceptors (Lipinski definition) is 10. The number of unbranched alkanes of at least 4 members (excludes halogenated alkanes) is 5. The highest BCUT2D eigenvalue weighted by Gasteiger charge is 2.30. The topological polar surface area (TPSA) is 201 Å². The molecule has 39 heavy (non-hydrogen) atoms. The molecule has 5 N–H and O–H groups in total. The Bertz CT molecular complexity index is 691. The predicted molar refractivity (Wildman–Crippen MR) is 140 cm³/mol. The minimum atomic E-state index is -1.45. The van der Waals surface area contributed by atoms with E-state index in [9.17, 15) is 24.0 Å². The average molecular weight is 562 g/mol. The molecule has 0 aromatic heterocycles. The van der Waals surface area contributed by atoms with Crippen LogP contribution < -0.4 is 11.1 Å². The second-order valence-electron chi connectivity index (χ2n) is 8.85. The molecule has 0 aliphatic rings. The van der Waals surface area contributed by atoms with E-state index >= 15 is 0 Å². The molecule has 0 spiro atoms. The van der Waals surface area contributed by atoms with Gasteiger partial charge in [-0.1, -0.05) is 25.7 Å². The Kier molecular flexibility index (Phi) is 24.2. The number of rotatable bonds is 29. The molecule has 0 bridgehead atoms. The number of hydrogen-bond donors (Lipinski definition) is 4. The molecular weight excluding hydrogens is 516 g/mol. The molecule has 1 unspecified atom stereocenters. The number of amides is 1. The molecule has 2 atom stereocenters. The number of carboxylic acids is 2. The van der Waals surface area contributed by atoms with Crippen LogP contribution in [0.25, 0.3) is 0 Å². The zero-order valence-corrected chi connectivity index (χ0v) is 22.7. The first-order valence-corrected chi connectivity index (χ1v) is 13.4. The second-order valence-corrected chi connectivity index (χ2v) is 8.85. The molecule has 0 saturated carbocycles. The highest BCUT2D eigenvalue weighted by molar-refractivity contribution is 5.89. The van der Waals surface area contributed by atoms with Gasteiger partial charge < -0.3 is 40.2 Å². The second kappa shape index (κ2) is 25.8. The fourth-order valence-electron chi connectivity index (χ4n) is 3.44. The maximum absolute atomic E-state index is 12.0. The molecule has 1 radical (unpaired) electrons. The first-order valence-electron chi connectivity index (χ1n) is 13.4. The summed E-state index contributed by atoms with van der Waals surface area (Å²) in [5.41, 5.74) is 5.44. The first kappa shape index (κ1) is 36.5. The van der Waals surface area contributed by atoms with Gasteiger partial charge in [0.05, 0.1) is 58.8 Å². The van der Waals surface area contributed by atoms with Gasteiger partial charge in [-0.25, -0.2) is 0 Å². The van der Waals surface area contributed by atoms with Crippen LogP contribution in [0.3, 0.4) is 0 Å². The van der Waals surface area contributed by atoms with Crippen molar-refractivity contribution in [3.8, 4) is 0 Å². The van der Waals surface area contributed by atoms with Gasteiger partial charge in [0.15, 0.2) is 6.29 Å². The van der Waals surface area contributed by atoms with Crippen molar-refractivity contribution in [1.29, 1.82) is 0 Å². The lowest BCUT2D eigenvalue weighted by Crippen LogP contribution is -2.42. The van der Waals surface area contributed by atoms with Crippen LogP contribution >= 0.6 is 0 Å². The summed E-state index contributed by atoms with van der Waals surface area (Å²) >= 11 is 0. The summed E-state index contributed by atoms with van der Waals surface area (Å²) in [5.74, 6) is -3.68. The number of carboxylic acid groups (broad SMARTS) is 2. The van der Waals surface area contributed by atoms with Crippen molar-refractivity contribution in [3.63, 3.8) is 0 Å². The standard InChI is InChI=1S/C26H45N2O11/c27-25(26(34)35)21(9-12-29)22(30)10-13-36-15-17-38-19-20-39-18-16-37-14-11-28-23(31)7-5-3-1-2-4-6-8-24(32)33/h21,25H,1-11,13-20,27H2,(H,28,31)(H,32,33)(H,34,35)/t21?,25-/m0/s1. The molecule has 225 valence electrons. The van der Waals surface area contributed by atoms with E-state index in [1.165, 1.54) is 6.29 Å². The summed E-state index contributed by atoms with van der Waals surface area (Å²) in [4.78, 5) is 55.7. The van der Waals surface area contributed by atoms with E-state index < -0.39 is 29.7 Å². The van der Waals surface area contributed by atoms with Crippen LogP contribution in [0.5, 0.6) is 0 Å². The summed E-state index contributed by atoms with van der Waals surface area (Å²) in [7, 11) is 0. The Morgan fingerprint density at radius 3 is 1.69 bits per heavy atom. The van der Waals surface area contributed by atoms with E-state index in [-0.39, 0.29) is 38.4 Å². The van der Waals surface area contributed by atoms with Crippen LogP contribution in [0, 0.1) is 5.92 Å². The van der Waals surface area contributed by atoms with Crippen LogP contribution in [-0.4, -0.2) is 106 Å². The minimum Gasteiger partial charge on any atom is -0.481 e. The number of carbonyl (C=O) groups excluding carboxylic acids is 3. The van der Waals surface area contributed by atoms with Crippen molar-refractivity contribution < 1.29 is 53.1 Å². The zero-order chi connectivity index (χ0) is 29.1. The lowest BCUT2D eigenvalue weighted by atomic mass is 9.91. The number of Topliss-reactive ketones (excluding diaryl/α,β-unsaturated/α-hetero) is 1. The number of aliphatic carboxylic acids is 2. The molecule has 0 saturated heterocycles. The molecule has 13 heteroatoms. The van der Waals surface area contributed by atoms with Gasteiger partial charge in [0.25, 0.3) is 0 Å². The lowest BCUT2D eigenvalue weighted by molar-refractivity contribution is -0.142. The molecule has 1 amide bonds. The SMILES string of the molecule is N[C@H](C(=O)O)C(C[C]=O)C(=O)CCOCCOCCOCCOCCNC(=O)CCCCCCCCC(=O)O. The first-order chi connectivity index (χ1) is 18.8. The highest BCUT2D eigenvalue weighted by Crippen LogP contribution is 2.11. The zero-order valence-electron chi connectivity index (χ0n) is 22.7. The summed E-state index contributed by atoms with van der Waals surface area (Å²) in [6, 6.07) is -1.45. The van der Waals surface area contributed by atoms with E-state index in [0.29, 0.717) is 59.0 Å². The quantitative estimate of drug-likeness (QED) is 0.0940. The van der Waals surface area contributed by atoms with Gasteiger partial charge >= 0.3 is 11.9 Å².